The second-order valence-electron chi connectivity index (χ2n) is 6.52. The number of methoxy groups -OCH3 is 1. The van der Waals surface area contributed by atoms with Crippen molar-refractivity contribution >= 4 is 17.3 Å². The van der Waals surface area contributed by atoms with E-state index in [2.05, 4.69) is 10.1 Å². The number of benzene rings is 3. The van der Waals surface area contributed by atoms with Crippen LogP contribution in [-0.4, -0.2) is 24.6 Å². The first-order valence-corrected chi connectivity index (χ1v) is 9.24. The van der Waals surface area contributed by atoms with Crippen molar-refractivity contribution < 1.29 is 32.7 Å². The Hall–Kier alpha value is -4.21. The SMILES string of the molecule is COc1cc(C(=O)Nc2ccccc2Oc2ccc(C)cc2)c([N+](=O)[O-])cc1OC(F)F. The largest absolute Gasteiger partial charge is 0.493 e. The molecule has 10 heteroatoms. The molecule has 3 aromatic carbocycles. The maximum Gasteiger partial charge on any atom is 0.387 e. The summed E-state index contributed by atoms with van der Waals surface area (Å²) in [6.45, 7) is -1.30. The number of para-hydroxylation sites is 2. The van der Waals surface area contributed by atoms with E-state index in [-0.39, 0.29) is 11.4 Å². The maximum atomic E-state index is 12.9. The number of alkyl halides is 2. The fourth-order valence-corrected chi connectivity index (χ4v) is 2.81. The van der Waals surface area contributed by atoms with E-state index in [0.717, 1.165) is 18.7 Å². The molecule has 8 nitrogen and oxygen atoms in total. The van der Waals surface area contributed by atoms with E-state index in [1.165, 1.54) is 0 Å². The summed E-state index contributed by atoms with van der Waals surface area (Å²) in [7, 11) is 1.16. The minimum Gasteiger partial charge on any atom is -0.493 e. The van der Waals surface area contributed by atoms with Gasteiger partial charge in [0.1, 0.15) is 11.3 Å². The molecule has 0 aliphatic rings. The molecule has 0 bridgehead atoms. The number of halogens is 2. The van der Waals surface area contributed by atoms with Crippen LogP contribution < -0.4 is 19.5 Å². The van der Waals surface area contributed by atoms with Crippen molar-refractivity contribution in [1.29, 1.82) is 0 Å². The molecular weight excluding hydrogens is 426 g/mol. The molecule has 0 spiro atoms. The zero-order valence-corrected chi connectivity index (χ0v) is 17.0. The first-order valence-electron chi connectivity index (χ1n) is 9.24. The van der Waals surface area contributed by atoms with Crippen LogP contribution in [0.3, 0.4) is 0 Å². The Kier molecular flexibility index (Phi) is 6.83. The number of nitro benzene ring substituents is 1. The van der Waals surface area contributed by atoms with Crippen LogP contribution in [0.1, 0.15) is 15.9 Å². The summed E-state index contributed by atoms with van der Waals surface area (Å²) in [4.78, 5) is 23.5. The minimum atomic E-state index is -3.23. The Labute approximate surface area is 181 Å². The highest BCUT2D eigenvalue weighted by molar-refractivity contribution is 6.08. The summed E-state index contributed by atoms with van der Waals surface area (Å²) in [6, 6.07) is 15.4. The average molecular weight is 444 g/mol. The summed E-state index contributed by atoms with van der Waals surface area (Å²) in [5.41, 5.74) is 0.160. The summed E-state index contributed by atoms with van der Waals surface area (Å²) < 4.78 is 40.3. The van der Waals surface area contributed by atoms with E-state index >= 15 is 0 Å². The predicted octanol–water partition coefficient (Wildman–Crippen LogP) is 5.56. The molecule has 1 amide bonds. The van der Waals surface area contributed by atoms with E-state index in [9.17, 15) is 23.7 Å². The van der Waals surface area contributed by atoms with Gasteiger partial charge in [-0.3, -0.25) is 14.9 Å². The van der Waals surface area contributed by atoms with Crippen LogP contribution in [0.15, 0.2) is 60.7 Å². The number of aryl methyl sites for hydroxylation is 1. The van der Waals surface area contributed by atoms with Gasteiger partial charge in [-0.15, -0.1) is 0 Å². The quantitative estimate of drug-likeness (QED) is 0.361. The van der Waals surface area contributed by atoms with Crippen molar-refractivity contribution in [3.63, 3.8) is 0 Å². The summed E-state index contributed by atoms with van der Waals surface area (Å²) in [5.74, 6) is -0.854. The molecule has 0 radical (unpaired) electrons. The zero-order chi connectivity index (χ0) is 23.3. The number of carbonyl (C=O) groups is 1. The lowest BCUT2D eigenvalue weighted by Crippen LogP contribution is -2.15. The number of rotatable bonds is 8. The van der Waals surface area contributed by atoms with Crippen molar-refractivity contribution in [3.8, 4) is 23.0 Å². The molecule has 0 fully saturated rings. The van der Waals surface area contributed by atoms with Gasteiger partial charge in [0.15, 0.2) is 17.2 Å². The normalized spacial score (nSPS) is 10.5. The highest BCUT2D eigenvalue weighted by Gasteiger charge is 2.26. The molecule has 0 aromatic heterocycles. The summed E-state index contributed by atoms with van der Waals surface area (Å²) in [6.07, 6.45) is 0. The molecule has 0 saturated heterocycles. The second kappa shape index (κ2) is 9.73. The average Bonchev–Trinajstić information content (AvgIpc) is 2.75. The number of nitrogens with one attached hydrogen (secondary N) is 1. The topological polar surface area (TPSA) is 99.9 Å². The smallest absolute Gasteiger partial charge is 0.387 e. The lowest BCUT2D eigenvalue weighted by molar-refractivity contribution is -0.385. The van der Waals surface area contributed by atoms with Crippen LogP contribution in [0.5, 0.6) is 23.0 Å². The van der Waals surface area contributed by atoms with E-state index in [1.807, 2.05) is 19.1 Å². The van der Waals surface area contributed by atoms with Crippen LogP contribution in [-0.2, 0) is 0 Å². The fourth-order valence-electron chi connectivity index (χ4n) is 2.81. The highest BCUT2D eigenvalue weighted by Crippen LogP contribution is 2.37. The maximum absolute atomic E-state index is 12.9. The van der Waals surface area contributed by atoms with Gasteiger partial charge in [0.05, 0.1) is 23.8 Å². The number of hydrogen-bond acceptors (Lipinski definition) is 6. The van der Waals surface area contributed by atoms with E-state index < -0.39 is 34.4 Å². The predicted molar refractivity (Wildman–Crippen MR) is 112 cm³/mol. The number of nitrogens with zero attached hydrogens (tertiary/aromatic N) is 1. The van der Waals surface area contributed by atoms with Gasteiger partial charge in [0.2, 0.25) is 0 Å². The second-order valence-corrected chi connectivity index (χ2v) is 6.52. The molecule has 1 N–H and O–H groups in total. The molecule has 166 valence electrons. The molecular formula is C22H18F2N2O6. The van der Waals surface area contributed by atoms with Crippen LogP contribution in [0.25, 0.3) is 0 Å². The van der Waals surface area contributed by atoms with Gasteiger partial charge in [0.25, 0.3) is 11.6 Å². The third-order valence-corrected chi connectivity index (χ3v) is 4.32. The van der Waals surface area contributed by atoms with E-state index in [1.54, 1.807) is 36.4 Å². The van der Waals surface area contributed by atoms with Gasteiger partial charge in [0, 0.05) is 6.07 Å². The molecule has 3 rings (SSSR count). The molecule has 0 atom stereocenters. The minimum absolute atomic E-state index is 0.249. The zero-order valence-electron chi connectivity index (χ0n) is 17.0. The van der Waals surface area contributed by atoms with Gasteiger partial charge in [-0.25, -0.2) is 0 Å². The third kappa shape index (κ3) is 5.28. The highest BCUT2D eigenvalue weighted by atomic mass is 19.3. The molecule has 0 unspecified atom stereocenters. The Morgan fingerprint density at radius 1 is 1.03 bits per heavy atom. The number of hydrogen-bond donors (Lipinski definition) is 1. The van der Waals surface area contributed by atoms with Gasteiger partial charge in [-0.1, -0.05) is 29.8 Å². The van der Waals surface area contributed by atoms with Gasteiger partial charge in [-0.05, 0) is 31.2 Å². The van der Waals surface area contributed by atoms with Crippen molar-refractivity contribution in [2.45, 2.75) is 13.5 Å². The Bertz CT molecular complexity index is 1140. The van der Waals surface area contributed by atoms with Crippen molar-refractivity contribution in [2.24, 2.45) is 0 Å². The standard InChI is InChI=1S/C22H18F2N2O6/c1-13-7-9-14(10-8-13)31-18-6-4-3-5-16(18)25-21(27)15-11-19(30-2)20(32-22(23)24)12-17(15)26(28)29/h3-12,22H,1-2H3,(H,25,27). The van der Waals surface area contributed by atoms with Crippen LogP contribution >= 0.6 is 0 Å². The number of amides is 1. The van der Waals surface area contributed by atoms with Gasteiger partial charge >= 0.3 is 6.61 Å². The number of nitro groups is 1. The van der Waals surface area contributed by atoms with Crippen LogP contribution in [0, 0.1) is 17.0 Å². The van der Waals surface area contributed by atoms with Crippen LogP contribution in [0.2, 0.25) is 0 Å². The van der Waals surface area contributed by atoms with Crippen LogP contribution in [0.4, 0.5) is 20.2 Å². The van der Waals surface area contributed by atoms with E-state index in [4.69, 9.17) is 9.47 Å². The molecule has 0 saturated carbocycles. The number of carbonyl (C=O) groups excluding carboxylic acids is 1. The van der Waals surface area contributed by atoms with E-state index in [0.29, 0.717) is 17.6 Å². The van der Waals surface area contributed by atoms with Crippen molar-refractivity contribution in [3.05, 3.63) is 81.9 Å². The first-order chi connectivity index (χ1) is 15.3. The fraction of sp³-hybridized carbons (Fsp3) is 0.136. The van der Waals surface area contributed by atoms with Crippen molar-refractivity contribution in [2.75, 3.05) is 12.4 Å². The lowest BCUT2D eigenvalue weighted by Gasteiger charge is -2.14. The van der Waals surface area contributed by atoms with Crippen molar-refractivity contribution in [1.82, 2.24) is 0 Å². The number of anilines is 1. The summed E-state index contributed by atoms with van der Waals surface area (Å²) in [5, 5.41) is 14.0. The Morgan fingerprint density at radius 3 is 2.34 bits per heavy atom. The molecule has 3 aromatic rings. The summed E-state index contributed by atoms with van der Waals surface area (Å²) >= 11 is 0. The molecule has 0 heterocycles. The monoisotopic (exact) mass is 444 g/mol. The Balaban J connectivity index is 1.93. The Morgan fingerprint density at radius 2 is 1.72 bits per heavy atom. The molecule has 32 heavy (non-hydrogen) atoms. The van der Waals surface area contributed by atoms with Gasteiger partial charge < -0.3 is 19.5 Å². The molecule has 0 aliphatic heterocycles. The lowest BCUT2D eigenvalue weighted by atomic mass is 10.1. The first kappa shape index (κ1) is 22.5. The van der Waals surface area contributed by atoms with Gasteiger partial charge in [-0.2, -0.15) is 8.78 Å². The number of ether oxygens (including phenoxy) is 3. The third-order valence-electron chi connectivity index (χ3n) is 4.32. The molecule has 0 aliphatic carbocycles.